The Kier molecular flexibility index (Phi) is 2.83. The van der Waals surface area contributed by atoms with Crippen LogP contribution in [0.4, 0.5) is 0 Å². The normalized spacial score (nSPS) is 10.8. The van der Waals surface area contributed by atoms with Gasteiger partial charge in [-0.15, -0.1) is 0 Å². The van der Waals surface area contributed by atoms with Crippen molar-refractivity contribution in [2.45, 2.75) is 13.3 Å². The number of carbonyl (C=O) groups excluding carboxylic acids is 1. The summed E-state index contributed by atoms with van der Waals surface area (Å²) in [7, 11) is 0. The maximum Gasteiger partial charge on any atom is 0.135 e. The number of carbonyl (C=O) groups is 1. The van der Waals surface area contributed by atoms with E-state index in [0.29, 0.717) is 6.42 Å². The molecule has 19 heavy (non-hydrogen) atoms. The molecule has 0 aliphatic carbocycles. The number of hydrogen-bond donors (Lipinski definition) is 1. The van der Waals surface area contributed by atoms with Gasteiger partial charge in [0.25, 0.3) is 0 Å². The zero-order valence-corrected chi connectivity index (χ0v) is 10.6. The van der Waals surface area contributed by atoms with Crippen LogP contribution in [0.1, 0.15) is 12.6 Å². The Morgan fingerprint density at radius 2 is 2.11 bits per heavy atom. The lowest BCUT2D eigenvalue weighted by Crippen LogP contribution is -1.99. The first-order chi connectivity index (χ1) is 9.22. The number of fused-ring (bicyclic) bond motifs is 1. The fraction of sp³-hybridized carbons (Fsp3) is 0.133. The lowest BCUT2D eigenvalue weighted by atomic mass is 10.1. The second kappa shape index (κ2) is 4.65. The minimum absolute atomic E-state index is 0.114. The van der Waals surface area contributed by atoms with Gasteiger partial charge in [-0.25, -0.2) is 0 Å². The van der Waals surface area contributed by atoms with Gasteiger partial charge in [0.05, 0.1) is 11.0 Å². The molecule has 94 valence electrons. The Labute approximate surface area is 110 Å². The zero-order chi connectivity index (χ0) is 13.2. The van der Waals surface area contributed by atoms with Gasteiger partial charge in [0.15, 0.2) is 0 Å². The van der Waals surface area contributed by atoms with E-state index in [2.05, 4.69) is 21.0 Å². The van der Waals surface area contributed by atoms with Gasteiger partial charge in [-0.3, -0.25) is 14.8 Å². The summed E-state index contributed by atoms with van der Waals surface area (Å²) in [4.78, 5) is 22.9. The summed E-state index contributed by atoms with van der Waals surface area (Å²) in [6.07, 6.45) is 5.80. The molecule has 1 N–H and O–H groups in total. The first-order valence-electron chi connectivity index (χ1n) is 6.10. The molecule has 3 rings (SSSR count). The number of pyridine rings is 2. The number of nitrogens with one attached hydrogen (secondary N) is 1. The van der Waals surface area contributed by atoms with E-state index in [4.69, 9.17) is 0 Å². The minimum atomic E-state index is 0.114. The molecule has 0 aromatic carbocycles. The Morgan fingerprint density at radius 1 is 1.21 bits per heavy atom. The highest BCUT2D eigenvalue weighted by Crippen LogP contribution is 2.22. The molecule has 0 spiro atoms. The Morgan fingerprint density at radius 3 is 2.95 bits per heavy atom. The summed E-state index contributed by atoms with van der Waals surface area (Å²) >= 11 is 0. The molecule has 3 aromatic rings. The van der Waals surface area contributed by atoms with Crippen LogP contribution >= 0.6 is 0 Å². The van der Waals surface area contributed by atoms with Gasteiger partial charge in [-0.1, -0.05) is 0 Å². The zero-order valence-electron chi connectivity index (χ0n) is 10.6. The molecule has 0 bridgehead atoms. The quantitative estimate of drug-likeness (QED) is 0.778. The van der Waals surface area contributed by atoms with Crippen molar-refractivity contribution in [3.8, 4) is 11.1 Å². The standard InChI is InChI=1S/C15H13N3O/c1-10(19)6-13-7-11(2-4-16-13)12-8-15-14(18-9-12)3-5-17-15/h2-5,7-9,17H,6H2,1H3. The number of aromatic nitrogens is 3. The van der Waals surface area contributed by atoms with Crippen molar-refractivity contribution in [2.24, 2.45) is 0 Å². The van der Waals surface area contributed by atoms with Crippen LogP contribution in [-0.2, 0) is 11.2 Å². The molecule has 0 saturated carbocycles. The van der Waals surface area contributed by atoms with Crippen LogP contribution in [0.2, 0.25) is 0 Å². The van der Waals surface area contributed by atoms with Crippen molar-refractivity contribution in [3.05, 3.63) is 48.5 Å². The Balaban J connectivity index is 2.02. The van der Waals surface area contributed by atoms with Gasteiger partial charge in [-0.2, -0.15) is 0 Å². The average Bonchev–Trinajstić information content (AvgIpc) is 2.85. The smallest absolute Gasteiger partial charge is 0.135 e. The summed E-state index contributed by atoms with van der Waals surface area (Å²) in [6, 6.07) is 7.85. The topological polar surface area (TPSA) is 58.6 Å². The highest BCUT2D eigenvalue weighted by Gasteiger charge is 2.04. The summed E-state index contributed by atoms with van der Waals surface area (Å²) in [5.74, 6) is 0.114. The first-order valence-corrected chi connectivity index (χ1v) is 6.10. The molecule has 0 unspecified atom stereocenters. The maximum absolute atomic E-state index is 11.1. The molecule has 4 nitrogen and oxygen atoms in total. The molecular weight excluding hydrogens is 238 g/mol. The molecule has 4 heteroatoms. The van der Waals surface area contributed by atoms with Crippen LogP contribution in [0.15, 0.2) is 42.9 Å². The lowest BCUT2D eigenvalue weighted by molar-refractivity contribution is -0.116. The predicted molar refractivity (Wildman–Crippen MR) is 73.7 cm³/mol. The fourth-order valence-electron chi connectivity index (χ4n) is 2.10. The van der Waals surface area contributed by atoms with E-state index in [-0.39, 0.29) is 5.78 Å². The van der Waals surface area contributed by atoms with E-state index in [1.165, 1.54) is 0 Å². The van der Waals surface area contributed by atoms with Crippen molar-refractivity contribution in [2.75, 3.05) is 0 Å². The highest BCUT2D eigenvalue weighted by atomic mass is 16.1. The summed E-state index contributed by atoms with van der Waals surface area (Å²) in [5.41, 5.74) is 4.78. The molecule has 3 aromatic heterocycles. The van der Waals surface area contributed by atoms with Crippen molar-refractivity contribution in [1.82, 2.24) is 15.0 Å². The molecule has 3 heterocycles. The van der Waals surface area contributed by atoms with E-state index < -0.39 is 0 Å². The van der Waals surface area contributed by atoms with Crippen LogP contribution in [0, 0.1) is 0 Å². The number of ketones is 1. The van der Waals surface area contributed by atoms with Crippen LogP contribution in [0.5, 0.6) is 0 Å². The van der Waals surface area contributed by atoms with E-state index >= 15 is 0 Å². The molecule has 0 aliphatic rings. The first kappa shape index (κ1) is 11.6. The van der Waals surface area contributed by atoms with Gasteiger partial charge in [0.2, 0.25) is 0 Å². The SMILES string of the molecule is CC(=O)Cc1cc(-c2cnc3cc[nH]c3c2)ccn1. The van der Waals surface area contributed by atoms with E-state index in [9.17, 15) is 4.79 Å². The number of rotatable bonds is 3. The van der Waals surface area contributed by atoms with Gasteiger partial charge in [0, 0.05) is 36.3 Å². The third kappa shape index (κ3) is 2.38. The van der Waals surface area contributed by atoms with Crippen molar-refractivity contribution >= 4 is 16.8 Å². The maximum atomic E-state index is 11.1. The van der Waals surface area contributed by atoms with Crippen molar-refractivity contribution < 1.29 is 4.79 Å². The van der Waals surface area contributed by atoms with Crippen LogP contribution < -0.4 is 0 Å². The third-order valence-corrected chi connectivity index (χ3v) is 2.98. The average molecular weight is 251 g/mol. The number of Topliss-reactive ketones (excluding diaryl/α,β-unsaturated/α-hetero) is 1. The van der Waals surface area contributed by atoms with Crippen LogP contribution in [0.3, 0.4) is 0 Å². The molecule has 0 fully saturated rings. The lowest BCUT2D eigenvalue weighted by Gasteiger charge is -2.03. The molecule has 0 aliphatic heterocycles. The van der Waals surface area contributed by atoms with Gasteiger partial charge in [-0.05, 0) is 36.8 Å². The van der Waals surface area contributed by atoms with Gasteiger partial charge < -0.3 is 4.98 Å². The predicted octanol–water partition coefficient (Wildman–Crippen LogP) is 2.76. The van der Waals surface area contributed by atoms with Gasteiger partial charge >= 0.3 is 0 Å². The second-order valence-corrected chi connectivity index (χ2v) is 4.55. The molecule has 0 amide bonds. The Hall–Kier alpha value is -2.49. The third-order valence-electron chi connectivity index (χ3n) is 2.98. The summed E-state index contributed by atoms with van der Waals surface area (Å²) < 4.78 is 0. The number of nitrogens with zero attached hydrogens (tertiary/aromatic N) is 2. The number of aromatic amines is 1. The van der Waals surface area contributed by atoms with Crippen LogP contribution in [0.25, 0.3) is 22.2 Å². The Bertz CT molecular complexity index is 746. The highest BCUT2D eigenvalue weighted by molar-refractivity contribution is 5.81. The number of H-pyrrole nitrogens is 1. The molecule has 0 saturated heterocycles. The molecule has 0 atom stereocenters. The second-order valence-electron chi connectivity index (χ2n) is 4.55. The van der Waals surface area contributed by atoms with Gasteiger partial charge in [0.1, 0.15) is 5.78 Å². The van der Waals surface area contributed by atoms with Crippen LogP contribution in [-0.4, -0.2) is 20.7 Å². The van der Waals surface area contributed by atoms with Crippen molar-refractivity contribution in [1.29, 1.82) is 0 Å². The van der Waals surface area contributed by atoms with E-state index in [0.717, 1.165) is 27.9 Å². The fourth-order valence-corrected chi connectivity index (χ4v) is 2.10. The van der Waals surface area contributed by atoms with Crippen molar-refractivity contribution in [3.63, 3.8) is 0 Å². The summed E-state index contributed by atoms with van der Waals surface area (Å²) in [5, 5.41) is 0. The monoisotopic (exact) mass is 251 g/mol. The summed E-state index contributed by atoms with van der Waals surface area (Å²) in [6.45, 7) is 1.57. The molecular formula is C15H13N3O. The minimum Gasteiger partial charge on any atom is -0.360 e. The van der Waals surface area contributed by atoms with E-state index in [1.807, 2.05) is 30.6 Å². The molecule has 0 radical (unpaired) electrons. The number of hydrogen-bond acceptors (Lipinski definition) is 3. The van der Waals surface area contributed by atoms with E-state index in [1.54, 1.807) is 13.1 Å². The largest absolute Gasteiger partial charge is 0.360 e.